The number of nitrogens with zero attached hydrogens (tertiary/aromatic N) is 1. The standard InChI is InChI=1S/C20H14BrN3O2/c1-12-17(20(26)24-13-7-3-2-4-8-13)18(15(11-22)19(25)23-12)14-9-5-6-10-16(14)21/h2-10H,1H3,(H,23,25)(H,24,26). The number of aryl methyl sites for hydroxylation is 1. The fraction of sp³-hybridized carbons (Fsp3) is 0.0500. The Labute approximate surface area is 158 Å². The fourth-order valence-corrected chi connectivity index (χ4v) is 3.24. The first-order chi connectivity index (χ1) is 12.5. The summed E-state index contributed by atoms with van der Waals surface area (Å²) in [7, 11) is 0. The maximum absolute atomic E-state index is 13.0. The Morgan fingerprint density at radius 2 is 1.77 bits per heavy atom. The molecule has 1 amide bonds. The van der Waals surface area contributed by atoms with E-state index in [4.69, 9.17) is 0 Å². The highest BCUT2D eigenvalue weighted by molar-refractivity contribution is 9.10. The SMILES string of the molecule is Cc1[nH]c(=O)c(C#N)c(-c2ccccc2Br)c1C(=O)Nc1ccccc1. The summed E-state index contributed by atoms with van der Waals surface area (Å²) in [5.74, 6) is -0.396. The largest absolute Gasteiger partial charge is 0.325 e. The number of para-hydroxylation sites is 1. The fourth-order valence-electron chi connectivity index (χ4n) is 2.76. The maximum atomic E-state index is 13.0. The lowest BCUT2D eigenvalue weighted by atomic mass is 9.94. The second-order valence-corrected chi connectivity index (χ2v) is 6.47. The van der Waals surface area contributed by atoms with Gasteiger partial charge in [-0.05, 0) is 30.7 Å². The number of nitrogens with one attached hydrogen (secondary N) is 2. The molecule has 0 spiro atoms. The lowest BCUT2D eigenvalue weighted by Crippen LogP contribution is -2.22. The van der Waals surface area contributed by atoms with Crippen molar-refractivity contribution in [1.82, 2.24) is 4.98 Å². The van der Waals surface area contributed by atoms with Crippen LogP contribution in [0.3, 0.4) is 0 Å². The van der Waals surface area contributed by atoms with Gasteiger partial charge in [0, 0.05) is 21.4 Å². The first kappa shape index (κ1) is 17.6. The second kappa shape index (κ2) is 7.38. The number of pyridine rings is 1. The van der Waals surface area contributed by atoms with Gasteiger partial charge in [0.15, 0.2) is 0 Å². The predicted molar refractivity (Wildman–Crippen MR) is 104 cm³/mol. The Morgan fingerprint density at radius 3 is 2.42 bits per heavy atom. The molecule has 3 rings (SSSR count). The van der Waals surface area contributed by atoms with Gasteiger partial charge in [-0.1, -0.05) is 52.3 Å². The summed E-state index contributed by atoms with van der Waals surface area (Å²) in [6.45, 7) is 1.64. The minimum atomic E-state index is -0.521. The highest BCUT2D eigenvalue weighted by Crippen LogP contribution is 2.33. The summed E-state index contributed by atoms with van der Waals surface area (Å²) in [6.07, 6.45) is 0. The number of nitriles is 1. The van der Waals surface area contributed by atoms with Crippen LogP contribution in [0.15, 0.2) is 63.9 Å². The highest BCUT2D eigenvalue weighted by Gasteiger charge is 2.23. The van der Waals surface area contributed by atoms with Crippen molar-refractivity contribution in [2.75, 3.05) is 5.32 Å². The molecule has 1 aromatic heterocycles. The number of carbonyl (C=O) groups excluding carboxylic acids is 1. The Kier molecular flexibility index (Phi) is 5.01. The van der Waals surface area contributed by atoms with Crippen LogP contribution in [0.4, 0.5) is 5.69 Å². The van der Waals surface area contributed by atoms with Gasteiger partial charge in [0.2, 0.25) is 0 Å². The minimum Gasteiger partial charge on any atom is -0.325 e. The van der Waals surface area contributed by atoms with E-state index in [-0.39, 0.29) is 11.1 Å². The van der Waals surface area contributed by atoms with Crippen LogP contribution < -0.4 is 10.9 Å². The predicted octanol–water partition coefficient (Wildman–Crippen LogP) is 4.24. The van der Waals surface area contributed by atoms with Gasteiger partial charge in [-0.2, -0.15) is 5.26 Å². The maximum Gasteiger partial charge on any atom is 0.266 e. The van der Waals surface area contributed by atoms with Gasteiger partial charge in [0.1, 0.15) is 11.6 Å². The summed E-state index contributed by atoms with van der Waals surface area (Å²) in [6, 6.07) is 18.1. The smallest absolute Gasteiger partial charge is 0.266 e. The lowest BCUT2D eigenvalue weighted by Gasteiger charge is -2.15. The van der Waals surface area contributed by atoms with E-state index in [1.165, 1.54) is 0 Å². The molecule has 3 aromatic rings. The summed E-state index contributed by atoms with van der Waals surface area (Å²) >= 11 is 3.44. The first-order valence-corrected chi connectivity index (χ1v) is 8.60. The first-order valence-electron chi connectivity index (χ1n) is 7.81. The molecule has 0 saturated carbocycles. The van der Waals surface area contributed by atoms with Crippen molar-refractivity contribution in [2.45, 2.75) is 6.92 Å². The average Bonchev–Trinajstić information content (AvgIpc) is 2.62. The van der Waals surface area contributed by atoms with Crippen molar-refractivity contribution in [3.63, 3.8) is 0 Å². The number of amides is 1. The molecule has 128 valence electrons. The van der Waals surface area contributed by atoms with E-state index in [9.17, 15) is 14.9 Å². The topological polar surface area (TPSA) is 85.8 Å². The zero-order chi connectivity index (χ0) is 18.7. The minimum absolute atomic E-state index is 0.0966. The number of hydrogen-bond acceptors (Lipinski definition) is 3. The normalized spacial score (nSPS) is 10.2. The monoisotopic (exact) mass is 407 g/mol. The van der Waals surface area contributed by atoms with Gasteiger partial charge in [0.25, 0.3) is 11.5 Å². The molecule has 6 heteroatoms. The van der Waals surface area contributed by atoms with E-state index in [1.807, 2.05) is 30.3 Å². The number of H-pyrrole nitrogens is 1. The molecule has 0 saturated heterocycles. The molecule has 0 aliphatic rings. The number of hydrogen-bond donors (Lipinski definition) is 2. The summed E-state index contributed by atoms with van der Waals surface area (Å²) < 4.78 is 0.690. The highest BCUT2D eigenvalue weighted by atomic mass is 79.9. The third kappa shape index (κ3) is 3.30. The molecule has 0 fully saturated rings. The van der Waals surface area contributed by atoms with Crippen LogP contribution >= 0.6 is 15.9 Å². The number of halogens is 1. The van der Waals surface area contributed by atoms with Gasteiger partial charge in [-0.15, -0.1) is 0 Å². The molecule has 2 N–H and O–H groups in total. The summed E-state index contributed by atoms with van der Waals surface area (Å²) in [4.78, 5) is 27.8. The molecule has 2 aromatic carbocycles. The Balaban J connectivity index is 2.25. The van der Waals surface area contributed by atoms with Gasteiger partial charge in [-0.25, -0.2) is 0 Å². The van der Waals surface area contributed by atoms with E-state index in [1.54, 1.807) is 37.3 Å². The molecule has 0 atom stereocenters. The molecule has 26 heavy (non-hydrogen) atoms. The van der Waals surface area contributed by atoms with E-state index < -0.39 is 11.5 Å². The molecule has 0 radical (unpaired) electrons. The van der Waals surface area contributed by atoms with E-state index >= 15 is 0 Å². The van der Waals surface area contributed by atoms with Gasteiger partial charge >= 0.3 is 0 Å². The quantitative estimate of drug-likeness (QED) is 0.680. The van der Waals surface area contributed by atoms with Crippen LogP contribution in [0.2, 0.25) is 0 Å². The molecular formula is C20H14BrN3O2. The zero-order valence-electron chi connectivity index (χ0n) is 13.8. The van der Waals surface area contributed by atoms with Crippen molar-refractivity contribution < 1.29 is 4.79 Å². The van der Waals surface area contributed by atoms with Crippen LogP contribution in [0.25, 0.3) is 11.1 Å². The molecule has 1 heterocycles. The molecule has 5 nitrogen and oxygen atoms in total. The van der Waals surface area contributed by atoms with Crippen molar-refractivity contribution in [3.8, 4) is 17.2 Å². The van der Waals surface area contributed by atoms with Gasteiger partial charge in [0.05, 0.1) is 5.56 Å². The van der Waals surface area contributed by atoms with Crippen LogP contribution in [-0.4, -0.2) is 10.9 Å². The van der Waals surface area contributed by atoms with E-state index in [0.717, 1.165) is 0 Å². The zero-order valence-corrected chi connectivity index (χ0v) is 15.4. The summed E-state index contributed by atoms with van der Waals surface area (Å²) in [5, 5.41) is 12.3. The molecular weight excluding hydrogens is 394 g/mol. The third-order valence-corrected chi connectivity index (χ3v) is 4.61. The average molecular weight is 408 g/mol. The second-order valence-electron chi connectivity index (χ2n) is 5.62. The number of carbonyl (C=O) groups is 1. The van der Waals surface area contributed by atoms with Crippen LogP contribution in [0, 0.1) is 18.3 Å². The van der Waals surface area contributed by atoms with Crippen LogP contribution in [-0.2, 0) is 0 Å². The molecule has 0 unspecified atom stereocenters. The van der Waals surface area contributed by atoms with Gasteiger partial charge < -0.3 is 10.3 Å². The number of benzene rings is 2. The Morgan fingerprint density at radius 1 is 1.12 bits per heavy atom. The number of aromatic amines is 1. The van der Waals surface area contributed by atoms with Crippen molar-refractivity contribution >= 4 is 27.5 Å². The van der Waals surface area contributed by atoms with Crippen LogP contribution in [0.1, 0.15) is 21.6 Å². The number of aromatic nitrogens is 1. The molecule has 0 aliphatic heterocycles. The van der Waals surface area contributed by atoms with Crippen molar-refractivity contribution in [2.24, 2.45) is 0 Å². The Hall–Kier alpha value is -3.17. The lowest BCUT2D eigenvalue weighted by molar-refractivity contribution is 0.102. The van der Waals surface area contributed by atoms with E-state index in [0.29, 0.717) is 27.0 Å². The number of anilines is 1. The van der Waals surface area contributed by atoms with Crippen molar-refractivity contribution in [1.29, 1.82) is 5.26 Å². The Bertz CT molecular complexity index is 1080. The van der Waals surface area contributed by atoms with E-state index in [2.05, 4.69) is 26.2 Å². The van der Waals surface area contributed by atoms with Crippen molar-refractivity contribution in [3.05, 3.63) is 86.2 Å². The van der Waals surface area contributed by atoms with Gasteiger partial charge in [-0.3, -0.25) is 9.59 Å². The molecule has 0 bridgehead atoms. The molecule has 0 aliphatic carbocycles. The van der Waals surface area contributed by atoms with Crippen LogP contribution in [0.5, 0.6) is 0 Å². The third-order valence-electron chi connectivity index (χ3n) is 3.92. The number of rotatable bonds is 3. The summed E-state index contributed by atoms with van der Waals surface area (Å²) in [5.41, 5.74) is 1.59.